The highest BCUT2D eigenvalue weighted by Gasteiger charge is 2.46. The Morgan fingerprint density at radius 3 is 2.43 bits per heavy atom. The van der Waals surface area contributed by atoms with Crippen molar-refractivity contribution in [2.45, 2.75) is 5.92 Å². The molecule has 0 radical (unpaired) electrons. The molecule has 0 fully saturated rings. The van der Waals surface area contributed by atoms with E-state index in [-0.39, 0.29) is 5.75 Å². The average Bonchev–Trinajstić information content (AvgIpc) is 2.15. The van der Waals surface area contributed by atoms with E-state index in [1.54, 1.807) is 0 Å². The summed E-state index contributed by atoms with van der Waals surface area (Å²) in [5.74, 6) is -6.49. The van der Waals surface area contributed by atoms with Crippen molar-refractivity contribution in [1.29, 1.82) is 0 Å². The first kappa shape index (κ1) is 9.05. The van der Waals surface area contributed by atoms with Crippen molar-refractivity contribution in [3.05, 3.63) is 41.7 Å². The number of halogens is 4. The van der Waals surface area contributed by atoms with Crippen LogP contribution < -0.4 is 4.74 Å². The van der Waals surface area contributed by atoms with Gasteiger partial charge in [0, 0.05) is 0 Å². The van der Waals surface area contributed by atoms with E-state index in [1.165, 1.54) is 12.1 Å². The molecule has 1 nitrogen and oxygen atoms in total. The zero-order valence-corrected chi connectivity index (χ0v) is 6.73. The molecule has 0 amide bonds. The number of allylic oxidation sites excluding steroid dienone is 1. The van der Waals surface area contributed by atoms with Crippen molar-refractivity contribution < 1.29 is 22.3 Å². The molecule has 14 heavy (non-hydrogen) atoms. The van der Waals surface area contributed by atoms with Crippen LogP contribution in [0.4, 0.5) is 17.6 Å². The molecule has 0 aliphatic carbocycles. The second kappa shape index (κ2) is 2.73. The summed E-state index contributed by atoms with van der Waals surface area (Å²) in [7, 11) is 0. The summed E-state index contributed by atoms with van der Waals surface area (Å²) in [6.07, 6.45) is 0. The van der Waals surface area contributed by atoms with Crippen LogP contribution in [0.5, 0.6) is 5.75 Å². The highest BCUT2D eigenvalue weighted by molar-refractivity contribution is 5.44. The largest absolute Gasteiger partial charge is 0.429 e. The van der Waals surface area contributed by atoms with Crippen LogP contribution in [0.15, 0.2) is 36.1 Å². The molecule has 1 aromatic carbocycles. The molecular weight excluding hydrogens is 200 g/mol. The molecular formula is C9H4F4O. The van der Waals surface area contributed by atoms with Crippen LogP contribution >= 0.6 is 0 Å². The van der Waals surface area contributed by atoms with Gasteiger partial charge >= 0.3 is 11.9 Å². The summed E-state index contributed by atoms with van der Waals surface area (Å²) >= 11 is 0. The molecule has 2 rings (SSSR count). The van der Waals surface area contributed by atoms with Crippen LogP contribution in [0.2, 0.25) is 0 Å². The van der Waals surface area contributed by atoms with Gasteiger partial charge in [-0.05, 0) is 12.1 Å². The fourth-order valence-electron chi connectivity index (χ4n) is 1.20. The summed E-state index contributed by atoms with van der Waals surface area (Å²) in [6, 6.07) is 2.95. The van der Waals surface area contributed by atoms with Crippen LogP contribution in [-0.4, -0.2) is 0 Å². The first-order chi connectivity index (χ1) is 6.53. The number of hydrogen-bond donors (Lipinski definition) is 0. The molecule has 1 aliphatic heterocycles. The fraction of sp³-hybridized carbons (Fsp3) is 0.111. The Bertz CT molecular complexity index is 411. The minimum atomic E-state index is -3.95. The second-order valence-corrected chi connectivity index (χ2v) is 2.76. The SMILES string of the molecule is FC1=C(F)C(F)(F)c2ccccc2O1. The van der Waals surface area contributed by atoms with Gasteiger partial charge in [0.25, 0.3) is 0 Å². The Kier molecular flexibility index (Phi) is 1.77. The Labute approximate surface area is 76.6 Å². The van der Waals surface area contributed by atoms with Crippen LogP contribution in [-0.2, 0) is 5.92 Å². The van der Waals surface area contributed by atoms with E-state index in [1.807, 2.05) is 0 Å². The Balaban J connectivity index is 2.64. The summed E-state index contributed by atoms with van der Waals surface area (Å²) < 4.78 is 55.6. The van der Waals surface area contributed by atoms with E-state index in [0.29, 0.717) is 0 Å². The van der Waals surface area contributed by atoms with Crippen molar-refractivity contribution in [2.75, 3.05) is 0 Å². The van der Waals surface area contributed by atoms with Crippen LogP contribution in [0, 0.1) is 0 Å². The molecule has 0 unspecified atom stereocenters. The van der Waals surface area contributed by atoms with Gasteiger partial charge in [-0.15, -0.1) is 0 Å². The van der Waals surface area contributed by atoms with Gasteiger partial charge in [0.1, 0.15) is 5.75 Å². The second-order valence-electron chi connectivity index (χ2n) is 2.76. The smallest absolute Gasteiger partial charge is 0.333 e. The molecule has 0 saturated heterocycles. The normalized spacial score (nSPS) is 18.9. The molecule has 0 N–H and O–H groups in total. The van der Waals surface area contributed by atoms with Crippen molar-refractivity contribution in [1.82, 2.24) is 0 Å². The van der Waals surface area contributed by atoms with Gasteiger partial charge < -0.3 is 4.74 Å². The molecule has 1 aromatic rings. The van der Waals surface area contributed by atoms with E-state index in [2.05, 4.69) is 4.74 Å². The lowest BCUT2D eigenvalue weighted by Crippen LogP contribution is -2.22. The van der Waals surface area contributed by atoms with Crippen molar-refractivity contribution in [2.24, 2.45) is 0 Å². The lowest BCUT2D eigenvalue weighted by atomic mass is 10.1. The van der Waals surface area contributed by atoms with Gasteiger partial charge in [-0.2, -0.15) is 17.6 Å². The number of para-hydroxylation sites is 1. The molecule has 74 valence electrons. The number of rotatable bonds is 0. The van der Waals surface area contributed by atoms with E-state index < -0.39 is 23.3 Å². The summed E-state index contributed by atoms with van der Waals surface area (Å²) in [5.41, 5.74) is -0.668. The first-order valence-electron chi connectivity index (χ1n) is 3.74. The summed E-state index contributed by atoms with van der Waals surface area (Å²) in [5, 5.41) is 0. The lowest BCUT2D eigenvalue weighted by Gasteiger charge is -2.22. The molecule has 1 aliphatic rings. The lowest BCUT2D eigenvalue weighted by molar-refractivity contribution is -0.00881. The predicted octanol–water partition coefficient (Wildman–Crippen LogP) is 3.28. The van der Waals surface area contributed by atoms with Crippen molar-refractivity contribution >= 4 is 0 Å². The molecule has 0 aromatic heterocycles. The minimum absolute atomic E-state index is 0.364. The first-order valence-corrected chi connectivity index (χ1v) is 3.74. The Hall–Kier alpha value is -1.52. The maximum atomic E-state index is 13.1. The molecule has 0 bridgehead atoms. The number of alkyl halides is 2. The monoisotopic (exact) mass is 204 g/mol. The van der Waals surface area contributed by atoms with Crippen LogP contribution in [0.3, 0.4) is 0 Å². The van der Waals surface area contributed by atoms with Gasteiger partial charge in [0.05, 0.1) is 5.56 Å². The third-order valence-corrected chi connectivity index (χ3v) is 1.87. The average molecular weight is 204 g/mol. The predicted molar refractivity (Wildman–Crippen MR) is 40.2 cm³/mol. The molecule has 1 heterocycles. The summed E-state index contributed by atoms with van der Waals surface area (Å²) in [4.78, 5) is 0. The summed E-state index contributed by atoms with van der Waals surface area (Å²) in [6.45, 7) is 0. The van der Waals surface area contributed by atoms with Gasteiger partial charge in [-0.25, -0.2) is 0 Å². The fourth-order valence-corrected chi connectivity index (χ4v) is 1.20. The highest BCUT2D eigenvalue weighted by Crippen LogP contribution is 2.46. The highest BCUT2D eigenvalue weighted by atomic mass is 19.3. The van der Waals surface area contributed by atoms with Crippen molar-refractivity contribution in [3.63, 3.8) is 0 Å². The molecule has 5 heteroatoms. The van der Waals surface area contributed by atoms with Crippen LogP contribution in [0.25, 0.3) is 0 Å². The third kappa shape index (κ3) is 1.08. The Morgan fingerprint density at radius 1 is 1.07 bits per heavy atom. The van der Waals surface area contributed by atoms with Gasteiger partial charge in [-0.1, -0.05) is 12.1 Å². The number of benzene rings is 1. The zero-order chi connectivity index (χ0) is 10.3. The third-order valence-electron chi connectivity index (χ3n) is 1.87. The van der Waals surface area contributed by atoms with E-state index in [9.17, 15) is 17.6 Å². The quantitative estimate of drug-likeness (QED) is 0.589. The zero-order valence-electron chi connectivity index (χ0n) is 6.73. The molecule has 0 atom stereocenters. The molecule has 0 spiro atoms. The van der Waals surface area contributed by atoms with E-state index in [4.69, 9.17) is 0 Å². The van der Waals surface area contributed by atoms with Gasteiger partial charge in [-0.3, -0.25) is 0 Å². The number of fused-ring (bicyclic) bond motifs is 1. The van der Waals surface area contributed by atoms with Crippen LogP contribution in [0.1, 0.15) is 5.56 Å². The van der Waals surface area contributed by atoms with E-state index >= 15 is 0 Å². The maximum absolute atomic E-state index is 13.1. The van der Waals surface area contributed by atoms with E-state index in [0.717, 1.165) is 12.1 Å². The maximum Gasteiger partial charge on any atom is 0.333 e. The van der Waals surface area contributed by atoms with Crippen molar-refractivity contribution in [3.8, 4) is 5.75 Å². The van der Waals surface area contributed by atoms with Gasteiger partial charge in [0.2, 0.25) is 5.83 Å². The Morgan fingerprint density at radius 2 is 1.71 bits per heavy atom. The number of ether oxygens (including phenoxy) is 1. The standard InChI is InChI=1S/C9H4F4O/c10-7-8(11)14-6-4-2-1-3-5(6)9(7,12)13/h1-4H. The molecule has 0 saturated carbocycles. The topological polar surface area (TPSA) is 9.23 Å². The number of hydrogen-bond acceptors (Lipinski definition) is 1. The van der Waals surface area contributed by atoms with Gasteiger partial charge in [0.15, 0.2) is 0 Å². The minimum Gasteiger partial charge on any atom is -0.429 e.